The first kappa shape index (κ1) is 18.3. The Morgan fingerprint density at radius 2 is 2.34 bits per heavy atom. The topological polar surface area (TPSA) is 81.4 Å². The minimum Gasteiger partial charge on any atom is -0.466 e. The van der Waals surface area contributed by atoms with Crippen molar-refractivity contribution in [1.82, 2.24) is 19.6 Å². The summed E-state index contributed by atoms with van der Waals surface area (Å²) in [6, 6.07) is 3.86. The van der Waals surface area contributed by atoms with E-state index in [1.807, 2.05) is 19.1 Å². The number of nitrogens with one attached hydrogen (secondary N) is 1. The molecule has 0 radical (unpaired) electrons. The van der Waals surface area contributed by atoms with E-state index >= 15 is 0 Å². The van der Waals surface area contributed by atoms with Crippen LogP contribution < -0.4 is 5.32 Å². The molecule has 1 aliphatic carbocycles. The fourth-order valence-corrected chi connectivity index (χ4v) is 5.29. The highest BCUT2D eigenvalue weighted by atomic mass is 35.5. The maximum absolute atomic E-state index is 12.2. The van der Waals surface area contributed by atoms with Crippen LogP contribution >= 0.6 is 22.9 Å². The number of rotatable bonds is 4. The third-order valence-corrected chi connectivity index (χ3v) is 6.67. The van der Waals surface area contributed by atoms with Gasteiger partial charge in [-0.05, 0) is 43.9 Å². The second-order valence-electron chi connectivity index (χ2n) is 6.96. The Kier molecular flexibility index (Phi) is 4.60. The van der Waals surface area contributed by atoms with E-state index in [2.05, 4.69) is 20.4 Å². The van der Waals surface area contributed by atoms with Crippen molar-refractivity contribution in [3.63, 3.8) is 0 Å². The summed E-state index contributed by atoms with van der Waals surface area (Å²) in [5.41, 5.74) is 2.92. The maximum Gasteiger partial charge on any atom is 0.309 e. The van der Waals surface area contributed by atoms with Crippen molar-refractivity contribution < 1.29 is 9.53 Å². The maximum atomic E-state index is 12.2. The monoisotopic (exact) mass is 427 g/mol. The van der Waals surface area contributed by atoms with Crippen LogP contribution in [-0.4, -0.2) is 32.2 Å². The van der Waals surface area contributed by atoms with Gasteiger partial charge < -0.3 is 10.1 Å². The van der Waals surface area contributed by atoms with Gasteiger partial charge in [-0.15, -0.1) is 11.3 Å². The highest BCUT2D eigenvalue weighted by Crippen LogP contribution is 2.41. The van der Waals surface area contributed by atoms with Gasteiger partial charge in [-0.1, -0.05) is 11.6 Å². The summed E-state index contributed by atoms with van der Waals surface area (Å²) in [5, 5.41) is 9.15. The lowest BCUT2D eigenvalue weighted by Gasteiger charge is -2.20. The molecule has 4 aromatic rings. The van der Waals surface area contributed by atoms with Crippen molar-refractivity contribution in [1.29, 1.82) is 0 Å². The summed E-state index contributed by atoms with van der Waals surface area (Å²) in [6.07, 6.45) is 7.32. The number of hydrogen-bond acceptors (Lipinski definition) is 7. The van der Waals surface area contributed by atoms with Crippen LogP contribution in [-0.2, 0) is 22.4 Å². The van der Waals surface area contributed by atoms with Gasteiger partial charge in [-0.2, -0.15) is 5.10 Å². The average Bonchev–Trinajstić information content (AvgIpc) is 3.31. The predicted molar refractivity (Wildman–Crippen MR) is 113 cm³/mol. The number of pyridine rings is 1. The van der Waals surface area contributed by atoms with Crippen molar-refractivity contribution in [3.05, 3.63) is 46.3 Å². The van der Waals surface area contributed by atoms with Crippen LogP contribution in [0.5, 0.6) is 0 Å². The van der Waals surface area contributed by atoms with E-state index in [-0.39, 0.29) is 11.9 Å². The van der Waals surface area contributed by atoms with E-state index < -0.39 is 0 Å². The molecule has 0 amide bonds. The number of esters is 1. The molecule has 1 atom stereocenters. The Morgan fingerprint density at radius 3 is 3.21 bits per heavy atom. The molecule has 7 nitrogen and oxygen atoms in total. The SMILES string of the molecule is CCOC(=O)[C@H]1CCc2c(sc3ncnc(Nc4cc5ccnn5cc4Cl)c23)C1. The third-order valence-electron chi connectivity index (χ3n) is 5.20. The van der Waals surface area contributed by atoms with Crippen LogP contribution in [0.25, 0.3) is 15.7 Å². The van der Waals surface area contributed by atoms with E-state index in [0.29, 0.717) is 18.1 Å². The smallest absolute Gasteiger partial charge is 0.309 e. The minimum absolute atomic E-state index is 0.0846. The highest BCUT2D eigenvalue weighted by Gasteiger charge is 2.30. The van der Waals surface area contributed by atoms with Crippen LogP contribution in [0.4, 0.5) is 11.5 Å². The number of fused-ring (bicyclic) bond motifs is 4. The van der Waals surface area contributed by atoms with Gasteiger partial charge in [0.15, 0.2) is 0 Å². The molecule has 1 N–H and O–H groups in total. The number of halogens is 1. The molecule has 0 fully saturated rings. The Balaban J connectivity index is 1.52. The molecule has 0 spiro atoms. The van der Waals surface area contributed by atoms with Crippen molar-refractivity contribution >= 4 is 56.1 Å². The van der Waals surface area contributed by atoms with Crippen LogP contribution in [0.3, 0.4) is 0 Å². The second-order valence-corrected chi connectivity index (χ2v) is 8.45. The molecule has 0 saturated heterocycles. The first-order chi connectivity index (χ1) is 14.1. The highest BCUT2D eigenvalue weighted by molar-refractivity contribution is 7.19. The molecule has 148 valence electrons. The molecule has 4 aromatic heterocycles. The van der Waals surface area contributed by atoms with Gasteiger partial charge in [0, 0.05) is 17.3 Å². The molecule has 29 heavy (non-hydrogen) atoms. The number of hydrogen-bond donors (Lipinski definition) is 1. The van der Waals surface area contributed by atoms with Crippen molar-refractivity contribution in [2.24, 2.45) is 5.92 Å². The van der Waals surface area contributed by atoms with Crippen LogP contribution in [0.15, 0.2) is 30.9 Å². The average molecular weight is 428 g/mol. The molecule has 0 saturated carbocycles. The first-order valence-corrected chi connectivity index (χ1v) is 10.6. The summed E-state index contributed by atoms with van der Waals surface area (Å²) >= 11 is 8.07. The number of aryl methyl sites for hydroxylation is 1. The summed E-state index contributed by atoms with van der Waals surface area (Å²) in [4.78, 5) is 23.2. The van der Waals surface area contributed by atoms with Crippen LogP contribution in [0, 0.1) is 5.92 Å². The number of thiophene rings is 1. The quantitative estimate of drug-likeness (QED) is 0.486. The van der Waals surface area contributed by atoms with E-state index in [1.165, 1.54) is 10.4 Å². The lowest BCUT2D eigenvalue weighted by molar-refractivity contribution is -0.148. The van der Waals surface area contributed by atoms with Gasteiger partial charge in [0.05, 0.1) is 34.1 Å². The first-order valence-electron chi connectivity index (χ1n) is 9.46. The number of anilines is 2. The number of aromatic nitrogens is 4. The van der Waals surface area contributed by atoms with E-state index in [9.17, 15) is 4.79 Å². The zero-order valence-corrected chi connectivity index (χ0v) is 17.3. The third kappa shape index (κ3) is 3.22. The van der Waals surface area contributed by atoms with Gasteiger partial charge in [0.25, 0.3) is 0 Å². The van der Waals surface area contributed by atoms with Gasteiger partial charge in [-0.25, -0.2) is 14.5 Å². The molecular weight excluding hydrogens is 410 g/mol. The Bertz CT molecular complexity index is 1230. The summed E-state index contributed by atoms with van der Waals surface area (Å²) in [5.74, 6) is 0.535. The molecule has 1 aliphatic rings. The largest absolute Gasteiger partial charge is 0.466 e. The van der Waals surface area contributed by atoms with Gasteiger partial charge in [0.1, 0.15) is 17.0 Å². The van der Waals surface area contributed by atoms with Crippen LogP contribution in [0.1, 0.15) is 23.8 Å². The minimum atomic E-state index is -0.110. The lowest BCUT2D eigenvalue weighted by atomic mass is 9.88. The van der Waals surface area contributed by atoms with Crippen LogP contribution in [0.2, 0.25) is 5.02 Å². The van der Waals surface area contributed by atoms with E-state index in [0.717, 1.165) is 40.1 Å². The molecular formula is C20H18ClN5O2S. The summed E-state index contributed by atoms with van der Waals surface area (Å²) in [6.45, 7) is 2.25. The fourth-order valence-electron chi connectivity index (χ4n) is 3.83. The number of carbonyl (C=O) groups excluding carboxylic acids is 1. The summed E-state index contributed by atoms with van der Waals surface area (Å²) < 4.78 is 6.95. The van der Waals surface area contributed by atoms with Gasteiger partial charge in [-0.3, -0.25) is 4.79 Å². The second kappa shape index (κ2) is 7.27. The van der Waals surface area contributed by atoms with Crippen molar-refractivity contribution in [2.75, 3.05) is 11.9 Å². The number of nitrogens with zero attached hydrogens (tertiary/aromatic N) is 4. The molecule has 5 rings (SSSR count). The van der Waals surface area contributed by atoms with Crippen molar-refractivity contribution in [2.45, 2.75) is 26.2 Å². The Morgan fingerprint density at radius 1 is 1.45 bits per heavy atom. The molecule has 0 unspecified atom stereocenters. The number of carbonyl (C=O) groups is 1. The fraction of sp³-hybridized carbons (Fsp3) is 0.300. The molecule has 4 heterocycles. The van der Waals surface area contributed by atoms with Gasteiger partial charge in [0.2, 0.25) is 0 Å². The molecule has 0 bridgehead atoms. The predicted octanol–water partition coefficient (Wildman–Crippen LogP) is 4.40. The Labute approximate surface area is 175 Å². The normalized spacial score (nSPS) is 16.1. The Hall–Kier alpha value is -2.71. The standard InChI is InChI=1S/C20H18ClN5O2S/c1-2-28-20(27)11-3-4-13-16(7-11)29-19-17(13)18(22-10-23-19)25-15-8-12-5-6-24-26(12)9-14(15)21/h5-6,8-11H,2-4,7H2,1H3,(H,22,23,25)/t11-/m0/s1. The molecule has 0 aromatic carbocycles. The number of ether oxygens (including phenoxy) is 1. The van der Waals surface area contributed by atoms with Crippen molar-refractivity contribution in [3.8, 4) is 0 Å². The molecule has 0 aliphatic heterocycles. The zero-order valence-electron chi connectivity index (χ0n) is 15.7. The summed E-state index contributed by atoms with van der Waals surface area (Å²) in [7, 11) is 0. The van der Waals surface area contributed by atoms with Gasteiger partial charge >= 0.3 is 5.97 Å². The lowest BCUT2D eigenvalue weighted by Crippen LogP contribution is -2.23. The zero-order chi connectivity index (χ0) is 20.0. The molecule has 9 heteroatoms. The van der Waals surface area contributed by atoms with E-state index in [1.54, 1.807) is 34.6 Å². The van der Waals surface area contributed by atoms with E-state index in [4.69, 9.17) is 16.3 Å².